The first-order valence-electron chi connectivity index (χ1n) is 5.89. The van der Waals surface area contributed by atoms with Gasteiger partial charge in [0.1, 0.15) is 0 Å². The Balaban J connectivity index is 2.07. The Labute approximate surface area is 112 Å². The summed E-state index contributed by atoms with van der Waals surface area (Å²) in [5.41, 5.74) is 7.19. The molecule has 4 heteroatoms. The Bertz CT molecular complexity index is 397. The summed E-state index contributed by atoms with van der Waals surface area (Å²) < 4.78 is 5.67. The zero-order chi connectivity index (χ0) is 12.4. The van der Waals surface area contributed by atoms with Gasteiger partial charge in [0, 0.05) is 22.7 Å². The summed E-state index contributed by atoms with van der Waals surface area (Å²) in [6.45, 7) is 2.99. The van der Waals surface area contributed by atoms with E-state index >= 15 is 0 Å². The smallest absolute Gasteiger partial charge is 0.0755 e. The van der Waals surface area contributed by atoms with Gasteiger partial charge in [-0.1, -0.05) is 30.1 Å². The fourth-order valence-electron chi connectivity index (χ4n) is 2.33. The van der Waals surface area contributed by atoms with Gasteiger partial charge >= 0.3 is 0 Å². The van der Waals surface area contributed by atoms with Gasteiger partial charge in [0.2, 0.25) is 0 Å². The maximum absolute atomic E-state index is 6.19. The molecule has 0 radical (unpaired) electrons. The van der Waals surface area contributed by atoms with E-state index in [9.17, 15) is 0 Å². The van der Waals surface area contributed by atoms with Crippen molar-refractivity contribution in [2.24, 2.45) is 11.7 Å². The van der Waals surface area contributed by atoms with Crippen LogP contribution < -0.4 is 5.73 Å². The fraction of sp³-hybridized carbons (Fsp3) is 0.538. The van der Waals surface area contributed by atoms with Crippen LogP contribution in [0.1, 0.15) is 18.9 Å². The van der Waals surface area contributed by atoms with Gasteiger partial charge in [-0.05, 0) is 42.5 Å². The maximum Gasteiger partial charge on any atom is 0.0755 e. The van der Waals surface area contributed by atoms with Gasteiger partial charge < -0.3 is 10.5 Å². The minimum atomic E-state index is -0.0246. The molecule has 1 heterocycles. The number of hydrogen-bond acceptors (Lipinski definition) is 2. The lowest BCUT2D eigenvalue weighted by molar-refractivity contribution is 0.0726. The molecule has 0 spiro atoms. The summed E-state index contributed by atoms with van der Waals surface area (Å²) in [6, 6.07) is 5.45. The van der Waals surface area contributed by atoms with E-state index in [4.69, 9.17) is 33.7 Å². The summed E-state index contributed by atoms with van der Waals surface area (Å²) in [7, 11) is 0. The Kier molecular flexibility index (Phi) is 4.31. The minimum absolute atomic E-state index is 0.0246. The molecule has 1 fully saturated rings. The van der Waals surface area contributed by atoms with E-state index in [1.807, 2.05) is 12.1 Å². The van der Waals surface area contributed by atoms with E-state index in [1.54, 1.807) is 6.07 Å². The second-order valence-electron chi connectivity index (χ2n) is 4.71. The van der Waals surface area contributed by atoms with E-state index in [2.05, 4.69) is 6.92 Å². The molecule has 2 nitrogen and oxygen atoms in total. The van der Waals surface area contributed by atoms with Crippen LogP contribution in [0.4, 0.5) is 0 Å². The Morgan fingerprint density at radius 2 is 2.24 bits per heavy atom. The predicted molar refractivity (Wildman–Crippen MR) is 71.7 cm³/mol. The lowest BCUT2D eigenvalue weighted by Crippen LogP contribution is -2.39. The summed E-state index contributed by atoms with van der Waals surface area (Å²) in [5, 5.41) is 1.41. The second kappa shape index (κ2) is 5.57. The maximum atomic E-state index is 6.19. The number of halogens is 2. The zero-order valence-corrected chi connectivity index (χ0v) is 11.3. The van der Waals surface area contributed by atoms with Crippen molar-refractivity contribution in [3.63, 3.8) is 0 Å². The highest BCUT2D eigenvalue weighted by molar-refractivity contribution is 6.33. The lowest BCUT2D eigenvalue weighted by Gasteiger charge is -2.22. The van der Waals surface area contributed by atoms with Gasteiger partial charge in [-0.3, -0.25) is 0 Å². The van der Waals surface area contributed by atoms with Crippen molar-refractivity contribution in [1.82, 2.24) is 0 Å². The van der Waals surface area contributed by atoms with Crippen LogP contribution in [0.3, 0.4) is 0 Å². The monoisotopic (exact) mass is 273 g/mol. The summed E-state index contributed by atoms with van der Waals surface area (Å²) in [6.07, 6.45) is 1.92. The summed E-state index contributed by atoms with van der Waals surface area (Å²) in [5.74, 6) is 0.517. The Morgan fingerprint density at radius 3 is 2.88 bits per heavy atom. The number of ether oxygens (including phenoxy) is 1. The largest absolute Gasteiger partial charge is 0.376 e. The van der Waals surface area contributed by atoms with E-state index in [0.29, 0.717) is 17.4 Å². The van der Waals surface area contributed by atoms with E-state index in [0.717, 1.165) is 23.6 Å². The van der Waals surface area contributed by atoms with Crippen LogP contribution in [-0.4, -0.2) is 18.8 Å². The van der Waals surface area contributed by atoms with Crippen molar-refractivity contribution < 1.29 is 4.74 Å². The topological polar surface area (TPSA) is 35.2 Å². The van der Waals surface area contributed by atoms with Crippen molar-refractivity contribution in [1.29, 1.82) is 0 Å². The third-order valence-corrected chi connectivity index (χ3v) is 3.93. The van der Waals surface area contributed by atoms with Gasteiger partial charge in [0.05, 0.1) is 6.10 Å². The molecule has 1 aliphatic rings. The molecule has 1 aromatic carbocycles. The third-order valence-electron chi connectivity index (χ3n) is 3.33. The molecule has 2 rings (SSSR count). The molecule has 1 aliphatic heterocycles. The molecule has 3 unspecified atom stereocenters. The van der Waals surface area contributed by atoms with Gasteiger partial charge in [-0.25, -0.2) is 0 Å². The number of hydrogen-bond donors (Lipinski definition) is 1. The molecule has 0 saturated carbocycles. The van der Waals surface area contributed by atoms with Crippen molar-refractivity contribution in [2.75, 3.05) is 6.61 Å². The standard InChI is InChI=1S/C13H17Cl2NO/c1-8-4-5-17-13(8)12(16)7-9-6-10(14)2-3-11(9)15/h2-3,6,8,12-13H,4-5,7,16H2,1H3. The number of benzene rings is 1. The van der Waals surface area contributed by atoms with Crippen LogP contribution >= 0.6 is 23.2 Å². The first-order chi connectivity index (χ1) is 8.08. The SMILES string of the molecule is CC1CCOC1C(N)Cc1cc(Cl)ccc1Cl. The second-order valence-corrected chi connectivity index (χ2v) is 5.55. The van der Waals surface area contributed by atoms with Gasteiger partial charge in [-0.15, -0.1) is 0 Å². The first kappa shape index (κ1) is 13.2. The quantitative estimate of drug-likeness (QED) is 0.918. The van der Waals surface area contributed by atoms with Crippen LogP contribution in [-0.2, 0) is 11.2 Å². The predicted octanol–water partition coefficient (Wildman–Crippen LogP) is 3.29. The van der Waals surface area contributed by atoms with Gasteiger partial charge in [-0.2, -0.15) is 0 Å². The molecule has 0 amide bonds. The van der Waals surface area contributed by atoms with Gasteiger partial charge in [0.15, 0.2) is 0 Å². The summed E-state index contributed by atoms with van der Waals surface area (Å²) >= 11 is 12.1. The average molecular weight is 274 g/mol. The minimum Gasteiger partial charge on any atom is -0.376 e. The molecule has 0 bridgehead atoms. The number of nitrogens with two attached hydrogens (primary N) is 1. The molecular weight excluding hydrogens is 257 g/mol. The Hall–Kier alpha value is -0.280. The molecule has 1 aromatic rings. The van der Waals surface area contributed by atoms with Crippen LogP contribution in [0.15, 0.2) is 18.2 Å². The van der Waals surface area contributed by atoms with E-state index in [-0.39, 0.29) is 12.1 Å². The van der Waals surface area contributed by atoms with Crippen molar-refractivity contribution >= 4 is 23.2 Å². The van der Waals surface area contributed by atoms with Crippen molar-refractivity contribution in [3.8, 4) is 0 Å². The van der Waals surface area contributed by atoms with E-state index < -0.39 is 0 Å². The molecule has 17 heavy (non-hydrogen) atoms. The van der Waals surface area contributed by atoms with Crippen LogP contribution in [0.5, 0.6) is 0 Å². The third kappa shape index (κ3) is 3.14. The normalized spacial score (nSPS) is 26.1. The number of rotatable bonds is 3. The Morgan fingerprint density at radius 1 is 1.47 bits per heavy atom. The molecule has 0 aromatic heterocycles. The van der Waals surface area contributed by atoms with Gasteiger partial charge in [0.25, 0.3) is 0 Å². The van der Waals surface area contributed by atoms with Crippen LogP contribution in [0.25, 0.3) is 0 Å². The van der Waals surface area contributed by atoms with Crippen molar-refractivity contribution in [3.05, 3.63) is 33.8 Å². The molecule has 94 valence electrons. The molecular formula is C13H17Cl2NO. The lowest BCUT2D eigenvalue weighted by atomic mass is 9.93. The fourth-order valence-corrected chi connectivity index (χ4v) is 2.72. The highest BCUT2D eigenvalue weighted by atomic mass is 35.5. The highest BCUT2D eigenvalue weighted by Crippen LogP contribution is 2.26. The molecule has 0 aliphatic carbocycles. The van der Waals surface area contributed by atoms with Crippen LogP contribution in [0, 0.1) is 5.92 Å². The molecule has 2 N–H and O–H groups in total. The van der Waals surface area contributed by atoms with E-state index in [1.165, 1.54) is 0 Å². The van der Waals surface area contributed by atoms with Crippen molar-refractivity contribution in [2.45, 2.75) is 31.9 Å². The molecule has 1 saturated heterocycles. The summed E-state index contributed by atoms with van der Waals surface area (Å²) in [4.78, 5) is 0. The zero-order valence-electron chi connectivity index (χ0n) is 9.83. The molecule has 3 atom stereocenters. The van der Waals surface area contributed by atoms with Crippen LogP contribution in [0.2, 0.25) is 10.0 Å². The average Bonchev–Trinajstić information content (AvgIpc) is 2.70. The highest BCUT2D eigenvalue weighted by Gasteiger charge is 2.30. The first-order valence-corrected chi connectivity index (χ1v) is 6.64.